The number of aromatic amines is 1. The molecule has 4 heterocycles. The second-order valence-corrected chi connectivity index (χ2v) is 5.66. The number of nitrogens with two attached hydrogens (primary N) is 2. The molecule has 0 atom stereocenters. The SMILES string of the molecule is NCCCCn1nc(-c2cnc3[nH]ccc3c2)c2c(N)ncnc21. The van der Waals surface area contributed by atoms with Crippen LogP contribution in [0, 0.1) is 0 Å². The summed E-state index contributed by atoms with van der Waals surface area (Å²) >= 11 is 0. The van der Waals surface area contributed by atoms with E-state index < -0.39 is 0 Å². The summed E-state index contributed by atoms with van der Waals surface area (Å²) in [5.74, 6) is 0.425. The Hall–Kier alpha value is -3.00. The fraction of sp³-hybridized carbons (Fsp3) is 0.250. The monoisotopic (exact) mass is 322 g/mol. The number of hydrogen-bond acceptors (Lipinski definition) is 6. The molecule has 0 unspecified atom stereocenters. The number of unbranched alkanes of at least 4 members (excludes halogenated alkanes) is 1. The summed E-state index contributed by atoms with van der Waals surface area (Å²) in [5.41, 5.74) is 14.9. The molecule has 0 aliphatic heterocycles. The van der Waals surface area contributed by atoms with Crippen LogP contribution < -0.4 is 11.5 Å². The number of nitrogens with zero attached hydrogens (tertiary/aromatic N) is 5. The zero-order valence-electron chi connectivity index (χ0n) is 13.1. The van der Waals surface area contributed by atoms with Gasteiger partial charge in [0.15, 0.2) is 5.65 Å². The van der Waals surface area contributed by atoms with Crippen LogP contribution in [-0.4, -0.2) is 36.3 Å². The molecule has 0 radical (unpaired) electrons. The van der Waals surface area contributed by atoms with Gasteiger partial charge in [-0.05, 0) is 31.5 Å². The lowest BCUT2D eigenvalue weighted by molar-refractivity contribution is 0.574. The molecule has 4 aromatic heterocycles. The Labute approximate surface area is 137 Å². The summed E-state index contributed by atoms with van der Waals surface area (Å²) in [6, 6.07) is 4.02. The van der Waals surface area contributed by atoms with Crippen molar-refractivity contribution < 1.29 is 0 Å². The topological polar surface area (TPSA) is 124 Å². The highest BCUT2D eigenvalue weighted by atomic mass is 15.3. The normalized spacial score (nSPS) is 11.5. The minimum absolute atomic E-state index is 0.425. The fourth-order valence-corrected chi connectivity index (χ4v) is 2.86. The highest BCUT2D eigenvalue weighted by molar-refractivity contribution is 5.99. The van der Waals surface area contributed by atoms with Gasteiger partial charge in [-0.25, -0.2) is 19.6 Å². The molecule has 8 heteroatoms. The van der Waals surface area contributed by atoms with Crippen LogP contribution in [0.5, 0.6) is 0 Å². The summed E-state index contributed by atoms with van der Waals surface area (Å²) in [6.07, 6.45) is 7.00. The number of pyridine rings is 1. The van der Waals surface area contributed by atoms with E-state index in [1.165, 1.54) is 6.33 Å². The van der Waals surface area contributed by atoms with E-state index in [9.17, 15) is 0 Å². The van der Waals surface area contributed by atoms with Gasteiger partial charge in [0.25, 0.3) is 0 Å². The Bertz CT molecular complexity index is 1000. The van der Waals surface area contributed by atoms with E-state index in [0.29, 0.717) is 12.4 Å². The predicted octanol–water partition coefficient (Wildman–Crippen LogP) is 1.69. The van der Waals surface area contributed by atoms with Crippen molar-refractivity contribution in [3.05, 3.63) is 30.9 Å². The molecule has 8 nitrogen and oxygen atoms in total. The molecule has 4 aromatic rings. The number of nitrogen functional groups attached to an aromatic ring is 1. The van der Waals surface area contributed by atoms with Gasteiger partial charge in [0, 0.05) is 29.9 Å². The third kappa shape index (κ3) is 2.37. The Balaban J connectivity index is 1.87. The Morgan fingerprint density at radius 2 is 2.08 bits per heavy atom. The molecule has 0 aromatic carbocycles. The number of anilines is 1. The first-order chi connectivity index (χ1) is 11.8. The van der Waals surface area contributed by atoms with Crippen molar-refractivity contribution in [2.24, 2.45) is 5.73 Å². The molecule has 122 valence electrons. The smallest absolute Gasteiger partial charge is 0.163 e. The zero-order valence-corrected chi connectivity index (χ0v) is 13.1. The van der Waals surface area contributed by atoms with E-state index in [4.69, 9.17) is 16.6 Å². The van der Waals surface area contributed by atoms with Gasteiger partial charge in [0.1, 0.15) is 23.5 Å². The molecular formula is C16H18N8. The highest BCUT2D eigenvalue weighted by Gasteiger charge is 2.17. The summed E-state index contributed by atoms with van der Waals surface area (Å²) in [5, 5.41) is 6.51. The Morgan fingerprint density at radius 1 is 1.17 bits per heavy atom. The molecule has 24 heavy (non-hydrogen) atoms. The van der Waals surface area contributed by atoms with E-state index in [1.807, 2.05) is 23.0 Å². The van der Waals surface area contributed by atoms with E-state index in [2.05, 4.69) is 19.9 Å². The lowest BCUT2D eigenvalue weighted by Crippen LogP contribution is -2.05. The summed E-state index contributed by atoms with van der Waals surface area (Å²) in [4.78, 5) is 16.0. The second-order valence-electron chi connectivity index (χ2n) is 5.66. The van der Waals surface area contributed by atoms with Crippen LogP contribution >= 0.6 is 0 Å². The molecule has 0 aliphatic carbocycles. The summed E-state index contributed by atoms with van der Waals surface area (Å²) in [6.45, 7) is 1.40. The van der Waals surface area contributed by atoms with Crippen LogP contribution in [0.1, 0.15) is 12.8 Å². The average Bonchev–Trinajstić information content (AvgIpc) is 3.20. The first kappa shape index (κ1) is 14.6. The summed E-state index contributed by atoms with van der Waals surface area (Å²) in [7, 11) is 0. The first-order valence-electron chi connectivity index (χ1n) is 7.88. The van der Waals surface area contributed by atoms with Crippen LogP contribution in [0.25, 0.3) is 33.3 Å². The average molecular weight is 322 g/mol. The number of H-pyrrole nitrogens is 1. The fourth-order valence-electron chi connectivity index (χ4n) is 2.86. The van der Waals surface area contributed by atoms with Crippen LogP contribution in [0.15, 0.2) is 30.9 Å². The zero-order chi connectivity index (χ0) is 16.5. The standard InChI is InChI=1S/C16H18N8/c17-4-1-2-6-24-16-12(14(18)21-9-22-16)13(23-24)11-7-10-3-5-19-15(10)20-8-11/h3,5,7-9H,1-2,4,6,17H2,(H,19,20)(H2,18,21,22). The molecule has 0 fully saturated rings. The quantitative estimate of drug-likeness (QED) is 0.480. The molecule has 0 saturated heterocycles. The van der Waals surface area contributed by atoms with Crippen molar-refractivity contribution in [2.45, 2.75) is 19.4 Å². The molecule has 4 rings (SSSR count). The largest absolute Gasteiger partial charge is 0.383 e. The van der Waals surface area contributed by atoms with Crippen LogP contribution in [0.4, 0.5) is 5.82 Å². The van der Waals surface area contributed by atoms with Crippen molar-refractivity contribution in [3.8, 4) is 11.3 Å². The molecule has 0 bridgehead atoms. The van der Waals surface area contributed by atoms with Crippen molar-refractivity contribution in [1.82, 2.24) is 29.7 Å². The Morgan fingerprint density at radius 3 is 2.96 bits per heavy atom. The summed E-state index contributed by atoms with van der Waals surface area (Å²) < 4.78 is 1.87. The number of fused-ring (bicyclic) bond motifs is 2. The van der Waals surface area contributed by atoms with E-state index >= 15 is 0 Å². The Kier molecular flexibility index (Phi) is 3.58. The lowest BCUT2D eigenvalue weighted by atomic mass is 10.1. The molecule has 5 N–H and O–H groups in total. The van der Waals surface area contributed by atoms with Crippen molar-refractivity contribution in [2.75, 3.05) is 12.3 Å². The van der Waals surface area contributed by atoms with Gasteiger partial charge in [-0.15, -0.1) is 0 Å². The number of aromatic nitrogens is 6. The predicted molar refractivity (Wildman–Crippen MR) is 93.1 cm³/mol. The van der Waals surface area contributed by atoms with E-state index in [1.54, 1.807) is 6.20 Å². The first-order valence-corrected chi connectivity index (χ1v) is 7.88. The molecule has 0 aliphatic rings. The van der Waals surface area contributed by atoms with Crippen molar-refractivity contribution >= 4 is 27.9 Å². The third-order valence-electron chi connectivity index (χ3n) is 4.06. The van der Waals surface area contributed by atoms with Gasteiger partial charge in [0.2, 0.25) is 0 Å². The maximum absolute atomic E-state index is 6.10. The molecule has 0 amide bonds. The number of nitrogens with one attached hydrogen (secondary N) is 1. The van der Waals surface area contributed by atoms with Gasteiger partial charge >= 0.3 is 0 Å². The molecule has 0 spiro atoms. The van der Waals surface area contributed by atoms with E-state index in [-0.39, 0.29) is 0 Å². The van der Waals surface area contributed by atoms with Gasteiger partial charge in [-0.2, -0.15) is 5.10 Å². The lowest BCUT2D eigenvalue weighted by Gasteiger charge is -2.01. The van der Waals surface area contributed by atoms with Crippen LogP contribution in [0.2, 0.25) is 0 Å². The van der Waals surface area contributed by atoms with Crippen LogP contribution in [0.3, 0.4) is 0 Å². The van der Waals surface area contributed by atoms with Crippen LogP contribution in [-0.2, 0) is 6.54 Å². The van der Waals surface area contributed by atoms with Gasteiger partial charge < -0.3 is 16.5 Å². The number of aryl methyl sites for hydroxylation is 1. The number of rotatable bonds is 5. The maximum Gasteiger partial charge on any atom is 0.163 e. The second kappa shape index (κ2) is 5.89. The van der Waals surface area contributed by atoms with Gasteiger partial charge in [0.05, 0.1) is 5.39 Å². The minimum Gasteiger partial charge on any atom is -0.383 e. The minimum atomic E-state index is 0.425. The maximum atomic E-state index is 6.10. The van der Waals surface area contributed by atoms with E-state index in [0.717, 1.165) is 52.7 Å². The third-order valence-corrected chi connectivity index (χ3v) is 4.06. The number of hydrogen-bond donors (Lipinski definition) is 3. The van der Waals surface area contributed by atoms with Crippen molar-refractivity contribution in [1.29, 1.82) is 0 Å². The molecule has 0 saturated carbocycles. The molecular weight excluding hydrogens is 304 g/mol. The highest BCUT2D eigenvalue weighted by Crippen LogP contribution is 2.31. The van der Waals surface area contributed by atoms with Gasteiger partial charge in [-0.1, -0.05) is 0 Å². The van der Waals surface area contributed by atoms with Gasteiger partial charge in [-0.3, -0.25) is 0 Å². The van der Waals surface area contributed by atoms with Crippen molar-refractivity contribution in [3.63, 3.8) is 0 Å².